The Bertz CT molecular complexity index is 3110. The fourth-order valence-electron chi connectivity index (χ4n) is 9.94. The van der Waals surface area contributed by atoms with Crippen molar-refractivity contribution in [3.63, 3.8) is 0 Å². The quantitative estimate of drug-likeness (QED) is 0.167. The van der Waals surface area contributed by atoms with Crippen molar-refractivity contribution in [3.05, 3.63) is 259 Å². The smallest absolute Gasteiger partial charge is 0.140 e. The summed E-state index contributed by atoms with van der Waals surface area (Å²) in [4.78, 5) is 2.34. The lowest BCUT2D eigenvalue weighted by Crippen LogP contribution is -2.32. The molecule has 0 unspecified atom stereocenters. The number of rotatable bonds is 6. The second kappa shape index (κ2) is 14.1. The molecule has 0 amide bonds. The van der Waals surface area contributed by atoms with Crippen LogP contribution < -0.4 is 9.64 Å². The van der Waals surface area contributed by atoms with Crippen molar-refractivity contribution in [3.8, 4) is 56.0 Å². The monoisotopic (exact) mass is 777 g/mol. The second-order valence-electron chi connectivity index (χ2n) is 16.0. The number of nitrogens with zero attached hydrogens (tertiary/aromatic N) is 1. The molecule has 2 heteroatoms. The fourth-order valence-corrected chi connectivity index (χ4v) is 9.94. The number of ether oxygens (including phenoxy) is 1. The molecule has 0 saturated heterocycles. The molecule has 1 aliphatic heterocycles. The van der Waals surface area contributed by atoms with Crippen LogP contribution in [-0.2, 0) is 5.41 Å². The largest absolute Gasteiger partial charge is 0.456 e. The van der Waals surface area contributed by atoms with Gasteiger partial charge in [0, 0.05) is 33.8 Å². The van der Waals surface area contributed by atoms with Crippen LogP contribution in [0.4, 0.5) is 17.1 Å². The molecular formula is C59H39NO. The summed E-state index contributed by atoms with van der Waals surface area (Å²) in [6.45, 7) is 0. The van der Waals surface area contributed by atoms with Gasteiger partial charge < -0.3 is 9.64 Å². The molecule has 10 aromatic rings. The van der Waals surface area contributed by atoms with Crippen molar-refractivity contribution in [2.24, 2.45) is 0 Å². The molecule has 0 N–H and O–H groups in total. The maximum atomic E-state index is 7.19. The Kier molecular flexibility index (Phi) is 8.11. The van der Waals surface area contributed by atoms with Crippen LogP contribution in [0.2, 0.25) is 0 Å². The number of benzene rings is 10. The van der Waals surface area contributed by atoms with Crippen LogP contribution in [-0.4, -0.2) is 0 Å². The number of anilines is 3. The first-order chi connectivity index (χ1) is 30.2. The van der Waals surface area contributed by atoms with Gasteiger partial charge in [0.2, 0.25) is 0 Å². The highest BCUT2D eigenvalue weighted by Gasteiger charge is 2.51. The van der Waals surface area contributed by atoms with Gasteiger partial charge >= 0.3 is 0 Å². The van der Waals surface area contributed by atoms with E-state index in [9.17, 15) is 0 Å². The molecule has 0 saturated carbocycles. The average molecular weight is 778 g/mol. The minimum Gasteiger partial charge on any atom is -0.456 e. The highest BCUT2D eigenvalue weighted by Crippen LogP contribution is 2.63. The van der Waals surface area contributed by atoms with Crippen molar-refractivity contribution < 1.29 is 4.74 Å². The summed E-state index contributed by atoms with van der Waals surface area (Å²) < 4.78 is 7.19. The van der Waals surface area contributed by atoms with Crippen LogP contribution in [0, 0.1) is 0 Å². The van der Waals surface area contributed by atoms with Crippen molar-refractivity contribution in [1.82, 2.24) is 0 Å². The Morgan fingerprint density at radius 3 is 1.25 bits per heavy atom. The Morgan fingerprint density at radius 1 is 0.295 bits per heavy atom. The molecule has 0 fully saturated rings. The minimum atomic E-state index is -0.551. The van der Waals surface area contributed by atoms with Gasteiger partial charge in [0.05, 0.1) is 5.41 Å². The summed E-state index contributed by atoms with van der Waals surface area (Å²) in [5, 5.41) is 2.37. The van der Waals surface area contributed by atoms with Crippen molar-refractivity contribution in [1.29, 1.82) is 0 Å². The second-order valence-corrected chi connectivity index (χ2v) is 16.0. The van der Waals surface area contributed by atoms with Gasteiger partial charge in [-0.25, -0.2) is 0 Å². The summed E-state index contributed by atoms with van der Waals surface area (Å²) in [5.41, 5.74) is 17.1. The molecule has 0 atom stereocenters. The van der Waals surface area contributed by atoms with E-state index in [0.29, 0.717) is 0 Å². The third-order valence-corrected chi connectivity index (χ3v) is 12.7. The number of hydrogen-bond donors (Lipinski definition) is 0. The first-order valence-electron chi connectivity index (χ1n) is 21.0. The van der Waals surface area contributed by atoms with Gasteiger partial charge in [-0.05, 0) is 109 Å². The van der Waals surface area contributed by atoms with Crippen LogP contribution in [0.1, 0.15) is 22.3 Å². The maximum Gasteiger partial charge on any atom is 0.140 e. The minimum absolute atomic E-state index is 0.551. The summed E-state index contributed by atoms with van der Waals surface area (Å²) in [5.74, 6) is 1.79. The molecule has 2 aliphatic rings. The lowest BCUT2D eigenvalue weighted by molar-refractivity contribution is 0.439. The molecular weight excluding hydrogens is 739 g/mol. The van der Waals surface area contributed by atoms with Crippen molar-refractivity contribution >= 4 is 27.8 Å². The third-order valence-electron chi connectivity index (χ3n) is 12.7. The standard InChI is InChI=1S/C59H39NO/c1-3-14-40(15-4-1)42-26-32-47(33-27-42)60(48-34-28-43(29-35-48)41-16-5-2-6-17-41)49-36-30-44(31-37-49)50-22-13-25-55-58(50)61-57-39-46-19-8-7-18-45(46)38-56(57)59(55)53-23-11-9-20-51(53)52-21-10-12-24-54(52)59/h1-39H. The summed E-state index contributed by atoms with van der Waals surface area (Å²) in [6, 6.07) is 85.6. The van der Waals surface area contributed by atoms with E-state index in [-0.39, 0.29) is 0 Å². The van der Waals surface area contributed by atoms with E-state index in [2.05, 4.69) is 241 Å². The molecule has 286 valence electrons. The Labute approximate surface area is 356 Å². The Hall–Kier alpha value is -7.94. The first kappa shape index (κ1) is 35.0. The normalized spacial score (nSPS) is 12.9. The highest BCUT2D eigenvalue weighted by atomic mass is 16.5. The Morgan fingerprint density at radius 2 is 0.705 bits per heavy atom. The van der Waals surface area contributed by atoms with Crippen molar-refractivity contribution in [2.75, 3.05) is 4.90 Å². The summed E-state index contributed by atoms with van der Waals surface area (Å²) in [6.07, 6.45) is 0. The summed E-state index contributed by atoms with van der Waals surface area (Å²) >= 11 is 0. The van der Waals surface area contributed by atoms with Gasteiger partial charge in [0.25, 0.3) is 0 Å². The molecule has 2 nitrogen and oxygen atoms in total. The van der Waals surface area contributed by atoms with E-state index in [1.165, 1.54) is 55.5 Å². The van der Waals surface area contributed by atoms with Crippen LogP contribution in [0.5, 0.6) is 11.5 Å². The van der Waals surface area contributed by atoms with Crippen LogP contribution >= 0.6 is 0 Å². The molecule has 1 heterocycles. The number of para-hydroxylation sites is 1. The predicted octanol–water partition coefficient (Wildman–Crippen LogP) is 15.8. The lowest BCUT2D eigenvalue weighted by atomic mass is 9.65. The van der Waals surface area contributed by atoms with Gasteiger partial charge in [-0.15, -0.1) is 0 Å². The first-order valence-corrected chi connectivity index (χ1v) is 21.0. The molecule has 61 heavy (non-hydrogen) atoms. The van der Waals surface area contributed by atoms with Gasteiger partial charge in [-0.1, -0.05) is 188 Å². The SMILES string of the molecule is c1ccc(-c2ccc(N(c3ccc(-c4ccccc4)cc3)c3ccc(-c4cccc5c4Oc4cc6ccccc6cc4C54c5ccccc5-c5ccccc54)cc3)cc2)cc1. The van der Waals surface area contributed by atoms with Crippen molar-refractivity contribution in [2.45, 2.75) is 5.41 Å². The molecule has 0 radical (unpaired) electrons. The summed E-state index contributed by atoms with van der Waals surface area (Å²) in [7, 11) is 0. The zero-order valence-electron chi connectivity index (χ0n) is 33.4. The molecule has 1 aliphatic carbocycles. The van der Waals surface area contributed by atoms with Crippen LogP contribution in [0.25, 0.3) is 55.3 Å². The topological polar surface area (TPSA) is 12.5 Å². The number of fused-ring (bicyclic) bond motifs is 10. The molecule has 1 spiro atoms. The van der Waals surface area contributed by atoms with E-state index in [1.54, 1.807) is 0 Å². The molecule has 0 bridgehead atoms. The Balaban J connectivity index is 0.998. The van der Waals surface area contributed by atoms with E-state index < -0.39 is 5.41 Å². The molecule has 0 aromatic heterocycles. The molecule has 10 aromatic carbocycles. The van der Waals surface area contributed by atoms with E-state index in [4.69, 9.17) is 4.74 Å². The number of hydrogen-bond acceptors (Lipinski definition) is 2. The van der Waals surface area contributed by atoms with E-state index in [0.717, 1.165) is 50.6 Å². The van der Waals surface area contributed by atoms with Crippen LogP contribution in [0.15, 0.2) is 237 Å². The highest BCUT2D eigenvalue weighted by molar-refractivity contribution is 5.94. The van der Waals surface area contributed by atoms with Gasteiger partial charge in [-0.2, -0.15) is 0 Å². The predicted molar refractivity (Wildman–Crippen MR) is 252 cm³/mol. The fraction of sp³-hybridized carbons (Fsp3) is 0.0169. The zero-order valence-corrected chi connectivity index (χ0v) is 33.4. The van der Waals surface area contributed by atoms with E-state index >= 15 is 0 Å². The lowest BCUT2D eigenvalue weighted by Gasteiger charge is -2.40. The zero-order chi connectivity index (χ0) is 40.3. The van der Waals surface area contributed by atoms with Gasteiger partial charge in [0.15, 0.2) is 0 Å². The van der Waals surface area contributed by atoms with Gasteiger partial charge in [-0.3, -0.25) is 0 Å². The average Bonchev–Trinajstić information content (AvgIpc) is 3.63. The van der Waals surface area contributed by atoms with Crippen LogP contribution in [0.3, 0.4) is 0 Å². The molecule has 12 rings (SSSR count). The van der Waals surface area contributed by atoms with Gasteiger partial charge in [0.1, 0.15) is 11.5 Å². The maximum absolute atomic E-state index is 7.19. The third kappa shape index (κ3) is 5.57. The van der Waals surface area contributed by atoms with E-state index in [1.807, 2.05) is 0 Å².